The number of hydrogen-bond donors (Lipinski definition) is 5. The molecule has 0 bridgehead atoms. The molecule has 0 radical (unpaired) electrons. The minimum atomic E-state index is 0.181. The molecule has 1 amide bonds. The van der Waals surface area contributed by atoms with Crippen molar-refractivity contribution in [2.75, 3.05) is 17.2 Å². The number of fused-ring (bicyclic) bond motifs is 1. The standard InChI is InChI=1S/C24H28N6O.2C2H6.CH3NO2/c1-2-3-4-5-9-16-31-20-14-12-19(13-15-20)28-24-29-22-21(25-17-26-22)23(30-24)27-18-10-7-6-8-11-18;2*1-2;3-1-2-4/h6-8,10-15,17H,2-5,9,16H2,1H3,(H3,25,26,27,28,29,30);2*1-2H3;1,4H,(H,2,3). The van der Waals surface area contributed by atoms with Crippen LogP contribution in [-0.2, 0) is 4.79 Å². The Morgan fingerprint density at radius 3 is 2.15 bits per heavy atom. The molecule has 0 atom stereocenters. The van der Waals surface area contributed by atoms with E-state index in [0.717, 1.165) is 35.7 Å². The third kappa shape index (κ3) is 12.3. The van der Waals surface area contributed by atoms with E-state index in [9.17, 15) is 0 Å². The quantitative estimate of drug-likeness (QED) is 0.0547. The highest BCUT2D eigenvalue weighted by atomic mass is 16.5. The van der Waals surface area contributed by atoms with E-state index >= 15 is 0 Å². The summed E-state index contributed by atoms with van der Waals surface area (Å²) in [5, 5.41) is 13.8. The SMILES string of the molecule is CC.CC.CCCCCCCOc1ccc(Nc2nc(Nc3ccccc3)c3[nH]cnc3n2)cc1.O=CNO. The number of imidazole rings is 1. The predicted molar refractivity (Wildman–Crippen MR) is 159 cm³/mol. The smallest absolute Gasteiger partial charge is 0.231 e. The summed E-state index contributed by atoms with van der Waals surface area (Å²) in [5.74, 6) is 2.01. The van der Waals surface area contributed by atoms with Gasteiger partial charge in [-0.1, -0.05) is 78.5 Å². The number of aromatic nitrogens is 4. The summed E-state index contributed by atoms with van der Waals surface area (Å²) in [4.78, 5) is 25.3. The molecule has 0 saturated heterocycles. The van der Waals surface area contributed by atoms with Crippen LogP contribution in [0.15, 0.2) is 60.9 Å². The van der Waals surface area contributed by atoms with Gasteiger partial charge in [0.25, 0.3) is 0 Å². The number of carbonyl (C=O) groups is 1. The first-order valence-electron chi connectivity index (χ1n) is 13.6. The van der Waals surface area contributed by atoms with Crippen LogP contribution in [0.1, 0.15) is 66.7 Å². The van der Waals surface area contributed by atoms with Gasteiger partial charge in [0.1, 0.15) is 11.3 Å². The highest BCUT2D eigenvalue weighted by molar-refractivity contribution is 5.86. The molecule has 212 valence electrons. The molecule has 10 heteroatoms. The molecule has 0 spiro atoms. The molecule has 5 N–H and O–H groups in total. The summed E-state index contributed by atoms with van der Waals surface area (Å²) in [7, 11) is 0. The lowest BCUT2D eigenvalue weighted by molar-refractivity contribution is -0.116. The van der Waals surface area contributed by atoms with Crippen LogP contribution in [0.2, 0.25) is 0 Å². The number of para-hydroxylation sites is 1. The maximum atomic E-state index is 8.81. The molecule has 10 nitrogen and oxygen atoms in total. The van der Waals surface area contributed by atoms with E-state index in [2.05, 4.69) is 37.5 Å². The van der Waals surface area contributed by atoms with Gasteiger partial charge in [0, 0.05) is 11.4 Å². The van der Waals surface area contributed by atoms with Crippen molar-refractivity contribution in [3.63, 3.8) is 0 Å². The number of ether oxygens (including phenoxy) is 1. The maximum absolute atomic E-state index is 8.81. The summed E-state index contributed by atoms with van der Waals surface area (Å²) in [6.07, 6.45) is 7.96. The largest absolute Gasteiger partial charge is 0.494 e. The van der Waals surface area contributed by atoms with Gasteiger partial charge in [-0.3, -0.25) is 10.0 Å². The Bertz CT molecular complexity index is 1150. The van der Waals surface area contributed by atoms with Gasteiger partial charge >= 0.3 is 0 Å². The number of hydroxylamine groups is 1. The van der Waals surface area contributed by atoms with Crippen molar-refractivity contribution < 1.29 is 14.7 Å². The first kappa shape index (κ1) is 32.8. The van der Waals surface area contributed by atoms with Gasteiger partial charge in [-0.25, -0.2) is 10.5 Å². The minimum Gasteiger partial charge on any atom is -0.494 e. The van der Waals surface area contributed by atoms with Crippen LogP contribution in [0.4, 0.5) is 23.1 Å². The Kier molecular flexibility index (Phi) is 17.5. The summed E-state index contributed by atoms with van der Waals surface area (Å²) >= 11 is 0. The number of hydrogen-bond acceptors (Lipinski definition) is 8. The van der Waals surface area contributed by atoms with Crippen LogP contribution < -0.4 is 20.9 Å². The summed E-state index contributed by atoms with van der Waals surface area (Å²) < 4.78 is 5.84. The fourth-order valence-electron chi connectivity index (χ4n) is 3.30. The Balaban J connectivity index is 0.000000856. The van der Waals surface area contributed by atoms with Crippen LogP contribution in [-0.4, -0.2) is 38.2 Å². The second-order valence-corrected chi connectivity index (χ2v) is 7.65. The molecule has 0 aliphatic carbocycles. The van der Waals surface area contributed by atoms with Crippen molar-refractivity contribution in [3.05, 3.63) is 60.9 Å². The molecule has 0 fully saturated rings. The molecule has 0 aliphatic heterocycles. The Morgan fingerprint density at radius 1 is 0.872 bits per heavy atom. The van der Waals surface area contributed by atoms with E-state index in [-0.39, 0.29) is 6.41 Å². The van der Waals surface area contributed by atoms with Crippen LogP contribution in [0, 0.1) is 0 Å². The summed E-state index contributed by atoms with van der Waals surface area (Å²) in [5.41, 5.74) is 4.44. The predicted octanol–water partition coefficient (Wildman–Crippen LogP) is 7.36. The van der Waals surface area contributed by atoms with Crippen molar-refractivity contribution in [2.24, 2.45) is 0 Å². The first-order valence-corrected chi connectivity index (χ1v) is 13.6. The zero-order valence-corrected chi connectivity index (χ0v) is 23.7. The van der Waals surface area contributed by atoms with E-state index in [1.807, 2.05) is 82.3 Å². The van der Waals surface area contributed by atoms with Crippen LogP contribution in [0.3, 0.4) is 0 Å². The lowest BCUT2D eigenvalue weighted by Crippen LogP contribution is -2.02. The first-order chi connectivity index (χ1) is 19.2. The molecule has 0 unspecified atom stereocenters. The van der Waals surface area contributed by atoms with Crippen molar-refractivity contribution >= 4 is 40.7 Å². The molecule has 39 heavy (non-hydrogen) atoms. The van der Waals surface area contributed by atoms with E-state index in [1.54, 1.807) is 6.33 Å². The lowest BCUT2D eigenvalue weighted by atomic mass is 10.2. The highest BCUT2D eigenvalue weighted by Crippen LogP contribution is 2.25. The molecular formula is C29H43N7O3. The molecule has 0 saturated carbocycles. The molecule has 2 aromatic carbocycles. The molecular weight excluding hydrogens is 494 g/mol. The number of nitrogens with zero attached hydrogens (tertiary/aromatic N) is 3. The molecule has 0 aliphatic rings. The van der Waals surface area contributed by atoms with Gasteiger partial charge in [-0.05, 0) is 42.8 Å². The normalized spacial score (nSPS) is 9.49. The summed E-state index contributed by atoms with van der Waals surface area (Å²) in [6.45, 7) is 11.0. The second kappa shape index (κ2) is 20.8. The number of amides is 1. The van der Waals surface area contributed by atoms with Crippen molar-refractivity contribution in [3.8, 4) is 5.75 Å². The highest BCUT2D eigenvalue weighted by Gasteiger charge is 2.11. The van der Waals surface area contributed by atoms with Crippen LogP contribution >= 0.6 is 0 Å². The third-order valence-electron chi connectivity index (χ3n) is 5.00. The molecule has 2 heterocycles. The zero-order valence-electron chi connectivity index (χ0n) is 23.7. The monoisotopic (exact) mass is 537 g/mol. The number of benzene rings is 2. The van der Waals surface area contributed by atoms with Gasteiger partial charge in [0.05, 0.1) is 12.9 Å². The van der Waals surface area contributed by atoms with Crippen LogP contribution in [0.5, 0.6) is 5.75 Å². The van der Waals surface area contributed by atoms with Gasteiger partial charge < -0.3 is 20.4 Å². The van der Waals surface area contributed by atoms with Crippen molar-refractivity contribution in [1.29, 1.82) is 0 Å². The lowest BCUT2D eigenvalue weighted by Gasteiger charge is -2.10. The van der Waals surface area contributed by atoms with E-state index < -0.39 is 0 Å². The minimum absolute atomic E-state index is 0.181. The number of rotatable bonds is 12. The maximum Gasteiger partial charge on any atom is 0.231 e. The van der Waals surface area contributed by atoms with E-state index in [0.29, 0.717) is 17.4 Å². The Morgan fingerprint density at radius 2 is 1.51 bits per heavy atom. The zero-order chi connectivity index (χ0) is 28.7. The molecule has 4 aromatic rings. The fourth-order valence-corrected chi connectivity index (χ4v) is 3.30. The number of aromatic amines is 1. The summed E-state index contributed by atoms with van der Waals surface area (Å²) in [6, 6.07) is 17.8. The Labute approximate surface area is 231 Å². The number of H-pyrrole nitrogens is 1. The second-order valence-electron chi connectivity index (χ2n) is 7.65. The number of carbonyl (C=O) groups excluding carboxylic acids is 1. The van der Waals surface area contributed by atoms with Gasteiger partial charge in [0.2, 0.25) is 12.4 Å². The average Bonchev–Trinajstić information content (AvgIpc) is 3.48. The van der Waals surface area contributed by atoms with Crippen LogP contribution in [0.25, 0.3) is 11.2 Å². The molecule has 4 rings (SSSR count). The Hall–Kier alpha value is -4.18. The van der Waals surface area contributed by atoms with E-state index in [1.165, 1.54) is 31.2 Å². The van der Waals surface area contributed by atoms with Gasteiger partial charge in [-0.2, -0.15) is 9.97 Å². The van der Waals surface area contributed by atoms with Gasteiger partial charge in [0.15, 0.2) is 11.5 Å². The number of anilines is 4. The fraction of sp³-hybridized carbons (Fsp3) is 0.379. The molecule has 2 aromatic heterocycles. The van der Waals surface area contributed by atoms with E-state index in [4.69, 9.17) is 14.7 Å². The van der Waals surface area contributed by atoms with Crippen molar-refractivity contribution in [1.82, 2.24) is 25.4 Å². The van der Waals surface area contributed by atoms with Crippen molar-refractivity contribution in [2.45, 2.75) is 66.7 Å². The topological polar surface area (TPSA) is 137 Å². The third-order valence-corrected chi connectivity index (χ3v) is 5.00. The van der Waals surface area contributed by atoms with Gasteiger partial charge in [-0.15, -0.1) is 0 Å². The average molecular weight is 538 g/mol. The number of nitrogens with one attached hydrogen (secondary N) is 4. The number of unbranched alkanes of at least 4 members (excludes halogenated alkanes) is 4.